The summed E-state index contributed by atoms with van der Waals surface area (Å²) in [6.45, 7) is 5.99. The Morgan fingerprint density at radius 1 is 1.44 bits per heavy atom. The Morgan fingerprint density at radius 2 is 2.19 bits per heavy atom. The molecule has 1 saturated carbocycles. The number of fused-ring (bicyclic) bond motifs is 1. The number of terminal acetylenes is 1. The van der Waals surface area contributed by atoms with Crippen molar-refractivity contribution in [2.24, 2.45) is 10.5 Å². The number of hydrogen-bond donors (Lipinski definition) is 0. The molecule has 1 aromatic rings. The van der Waals surface area contributed by atoms with Crippen molar-refractivity contribution in [3.8, 4) is 12.3 Å². The minimum absolute atomic E-state index is 0.0302. The number of likely N-dealkylation sites (tertiary alicyclic amines) is 1. The van der Waals surface area contributed by atoms with Gasteiger partial charge < -0.3 is 9.47 Å². The Morgan fingerprint density at radius 3 is 2.84 bits per heavy atom. The van der Waals surface area contributed by atoms with Crippen molar-refractivity contribution in [1.82, 2.24) is 9.88 Å². The molecule has 0 aromatic carbocycles. The van der Waals surface area contributed by atoms with Gasteiger partial charge in [0.1, 0.15) is 16.8 Å². The molecule has 1 aliphatic heterocycles. The molecule has 0 spiro atoms. The van der Waals surface area contributed by atoms with Crippen LogP contribution in [0.1, 0.15) is 44.9 Å². The number of rotatable bonds is 8. The van der Waals surface area contributed by atoms with Crippen LogP contribution < -0.4 is 0 Å². The second-order valence-corrected chi connectivity index (χ2v) is 9.97. The Labute approximate surface area is 195 Å². The molecule has 170 valence electrons. The van der Waals surface area contributed by atoms with Gasteiger partial charge in [-0.3, -0.25) is 9.69 Å². The first kappa shape index (κ1) is 24.1. The molecule has 1 saturated heterocycles. The summed E-state index contributed by atoms with van der Waals surface area (Å²) in [4.78, 5) is 35.2. The van der Waals surface area contributed by atoms with Gasteiger partial charge in [-0.1, -0.05) is 17.1 Å². The molecule has 3 rings (SSSR count). The number of pyridine rings is 1. The SMILES string of the molecule is C#CCOCc1ccc(Br)nc1CC(=O)[C@@H]1C[C@@]2(CN=[N+]=[N-])C[C@H]2N1C(=O)OC(C)(C)C. The van der Waals surface area contributed by atoms with E-state index in [0.717, 1.165) is 5.56 Å². The number of carbonyl (C=O) groups excluding carboxylic acids is 2. The second-order valence-electron chi connectivity index (χ2n) is 9.16. The summed E-state index contributed by atoms with van der Waals surface area (Å²) in [6.07, 6.45) is 5.87. The third-order valence-corrected chi connectivity index (χ3v) is 6.10. The maximum atomic E-state index is 13.4. The summed E-state index contributed by atoms with van der Waals surface area (Å²) in [6, 6.07) is 2.76. The highest BCUT2D eigenvalue weighted by Crippen LogP contribution is 2.60. The van der Waals surface area contributed by atoms with Gasteiger partial charge in [0.15, 0.2) is 5.78 Å². The van der Waals surface area contributed by atoms with E-state index in [2.05, 4.69) is 36.9 Å². The summed E-state index contributed by atoms with van der Waals surface area (Å²) in [5.41, 5.74) is 9.01. The lowest BCUT2D eigenvalue weighted by molar-refractivity contribution is -0.123. The van der Waals surface area contributed by atoms with Crippen molar-refractivity contribution in [2.45, 2.75) is 64.3 Å². The van der Waals surface area contributed by atoms with E-state index in [0.29, 0.717) is 23.1 Å². The number of azide groups is 1. The molecule has 0 bridgehead atoms. The molecule has 2 fully saturated rings. The monoisotopic (exact) mass is 503 g/mol. The fraction of sp³-hybridized carbons (Fsp3) is 0.591. The normalized spacial score (nSPS) is 23.7. The highest BCUT2D eigenvalue weighted by Gasteiger charge is 2.67. The van der Waals surface area contributed by atoms with Gasteiger partial charge in [0.05, 0.1) is 24.8 Å². The number of piperidine rings is 1. The summed E-state index contributed by atoms with van der Waals surface area (Å²) < 4.78 is 11.6. The van der Waals surface area contributed by atoms with Crippen molar-refractivity contribution in [3.05, 3.63) is 38.4 Å². The maximum Gasteiger partial charge on any atom is 0.411 e. The highest BCUT2D eigenvalue weighted by atomic mass is 79.9. The number of Topliss-reactive ketones (excluding diaryl/α,β-unsaturated/α-hetero) is 1. The van der Waals surface area contributed by atoms with Crippen LogP contribution in [-0.2, 0) is 27.3 Å². The van der Waals surface area contributed by atoms with E-state index >= 15 is 0 Å². The van der Waals surface area contributed by atoms with E-state index in [1.807, 2.05) is 6.07 Å². The molecular formula is C22H26BrN5O4. The largest absolute Gasteiger partial charge is 0.444 e. The quantitative estimate of drug-likeness (QED) is 0.131. The van der Waals surface area contributed by atoms with Gasteiger partial charge in [0, 0.05) is 22.9 Å². The molecule has 32 heavy (non-hydrogen) atoms. The number of ketones is 1. The maximum absolute atomic E-state index is 13.4. The van der Waals surface area contributed by atoms with E-state index in [1.165, 1.54) is 4.90 Å². The topological polar surface area (TPSA) is 117 Å². The minimum atomic E-state index is -0.691. The van der Waals surface area contributed by atoms with Crippen LogP contribution in [0.4, 0.5) is 4.79 Å². The molecule has 2 aliphatic rings. The molecule has 9 nitrogen and oxygen atoms in total. The Balaban J connectivity index is 1.82. The summed E-state index contributed by atoms with van der Waals surface area (Å²) in [5, 5.41) is 3.72. The van der Waals surface area contributed by atoms with Gasteiger partial charge in [-0.25, -0.2) is 9.78 Å². The fourth-order valence-electron chi connectivity index (χ4n) is 4.18. The number of amides is 1. The number of ether oxygens (including phenoxy) is 2. The third-order valence-electron chi connectivity index (χ3n) is 5.66. The van der Waals surface area contributed by atoms with Crippen LogP contribution in [0.5, 0.6) is 0 Å². The Bertz CT molecular complexity index is 995. The molecule has 3 atom stereocenters. The van der Waals surface area contributed by atoms with Crippen molar-refractivity contribution >= 4 is 27.8 Å². The first-order valence-corrected chi connectivity index (χ1v) is 11.1. The summed E-state index contributed by atoms with van der Waals surface area (Å²) >= 11 is 3.35. The molecule has 10 heteroatoms. The van der Waals surface area contributed by atoms with E-state index in [1.54, 1.807) is 26.8 Å². The van der Waals surface area contributed by atoms with Crippen LogP contribution in [0, 0.1) is 17.8 Å². The number of halogens is 1. The fourth-order valence-corrected chi connectivity index (χ4v) is 4.52. The number of carbonyl (C=O) groups is 2. The zero-order valence-corrected chi connectivity index (χ0v) is 20.0. The van der Waals surface area contributed by atoms with Crippen LogP contribution in [-0.4, -0.2) is 52.6 Å². The molecule has 2 heterocycles. The minimum Gasteiger partial charge on any atom is -0.444 e. The average molecular weight is 504 g/mol. The van der Waals surface area contributed by atoms with Crippen molar-refractivity contribution in [2.75, 3.05) is 13.2 Å². The van der Waals surface area contributed by atoms with Gasteiger partial charge in [-0.15, -0.1) is 6.42 Å². The lowest BCUT2D eigenvalue weighted by Crippen LogP contribution is -2.46. The molecule has 0 radical (unpaired) electrons. The number of nitrogens with zero attached hydrogens (tertiary/aromatic N) is 5. The molecule has 1 aromatic heterocycles. The van der Waals surface area contributed by atoms with Gasteiger partial charge in [0.25, 0.3) is 0 Å². The second kappa shape index (κ2) is 9.49. The molecule has 0 unspecified atom stereocenters. The van der Waals surface area contributed by atoms with Crippen LogP contribution in [0.15, 0.2) is 21.9 Å². The Hall–Kier alpha value is -2.60. The smallest absolute Gasteiger partial charge is 0.411 e. The van der Waals surface area contributed by atoms with Gasteiger partial charge in [-0.2, -0.15) is 0 Å². The summed E-state index contributed by atoms with van der Waals surface area (Å²) in [7, 11) is 0. The molecular weight excluding hydrogens is 478 g/mol. The molecule has 0 N–H and O–H groups in total. The van der Waals surface area contributed by atoms with E-state index < -0.39 is 17.7 Å². The zero-order chi connectivity index (χ0) is 23.5. The Kier molecular flexibility index (Phi) is 7.13. The first-order chi connectivity index (χ1) is 15.1. The predicted octanol–water partition coefficient (Wildman–Crippen LogP) is 4.18. The van der Waals surface area contributed by atoms with Crippen LogP contribution in [0.2, 0.25) is 0 Å². The van der Waals surface area contributed by atoms with E-state index in [9.17, 15) is 9.59 Å². The van der Waals surface area contributed by atoms with Crippen molar-refractivity contribution in [1.29, 1.82) is 0 Å². The molecule has 1 aliphatic carbocycles. The first-order valence-electron chi connectivity index (χ1n) is 10.3. The van der Waals surface area contributed by atoms with Crippen LogP contribution >= 0.6 is 15.9 Å². The number of hydrogen-bond acceptors (Lipinski definition) is 6. The lowest BCUT2D eigenvalue weighted by Gasteiger charge is -2.30. The average Bonchev–Trinajstić information content (AvgIpc) is 3.30. The van der Waals surface area contributed by atoms with Gasteiger partial charge in [-0.05, 0) is 66.7 Å². The lowest BCUT2D eigenvalue weighted by atomic mass is 9.95. The standard InChI is InChI=1S/C22H26BrN5O4/c1-5-8-31-12-14-6-7-19(23)26-15(14)9-17(29)16-10-22(13-25-27-24)11-18(22)28(16)20(30)32-21(2,3)4/h1,6-7,16,18H,8-13H2,2-4H3/t16-,18+,22-/m0/s1. The highest BCUT2D eigenvalue weighted by molar-refractivity contribution is 9.10. The zero-order valence-electron chi connectivity index (χ0n) is 18.4. The third kappa shape index (κ3) is 5.41. The molecule has 1 amide bonds. The van der Waals surface area contributed by atoms with Crippen molar-refractivity contribution in [3.63, 3.8) is 0 Å². The van der Waals surface area contributed by atoms with Crippen LogP contribution in [0.25, 0.3) is 10.4 Å². The van der Waals surface area contributed by atoms with Gasteiger partial charge in [0.2, 0.25) is 0 Å². The van der Waals surface area contributed by atoms with Crippen LogP contribution in [0.3, 0.4) is 0 Å². The number of aromatic nitrogens is 1. The predicted molar refractivity (Wildman–Crippen MR) is 120 cm³/mol. The van der Waals surface area contributed by atoms with E-state index in [4.69, 9.17) is 21.4 Å². The van der Waals surface area contributed by atoms with Gasteiger partial charge >= 0.3 is 6.09 Å². The summed E-state index contributed by atoms with van der Waals surface area (Å²) in [5.74, 6) is 2.26. The van der Waals surface area contributed by atoms with Crippen molar-refractivity contribution < 1.29 is 19.1 Å². The van der Waals surface area contributed by atoms with E-state index in [-0.39, 0.29) is 43.4 Å².